The number of pyridine rings is 1. The molecular weight excluding hydrogens is 367 g/mol. The van der Waals surface area contributed by atoms with E-state index in [0.717, 1.165) is 6.20 Å². The summed E-state index contributed by atoms with van der Waals surface area (Å²) in [6.07, 6.45) is -2.35. The topological polar surface area (TPSA) is 77.7 Å². The molecule has 2 heterocycles. The van der Waals surface area contributed by atoms with Crippen LogP contribution in [-0.2, 0) is 0 Å². The number of alkyl halides is 3. The fraction of sp³-hybridized carbons (Fsp3) is 0.353. The number of anilines is 1. The summed E-state index contributed by atoms with van der Waals surface area (Å²) in [7, 11) is 0. The number of nitro benzene ring substituents is 1. The van der Waals surface area contributed by atoms with Gasteiger partial charge in [-0.2, -0.15) is 0 Å². The number of rotatable bonds is 5. The number of hydrogen-bond donors (Lipinski definition) is 0. The minimum atomic E-state index is -4.74. The van der Waals surface area contributed by atoms with E-state index < -0.39 is 11.3 Å². The zero-order valence-electron chi connectivity index (χ0n) is 14.1. The zero-order valence-corrected chi connectivity index (χ0v) is 14.1. The summed E-state index contributed by atoms with van der Waals surface area (Å²) in [4.78, 5) is 16.1. The molecule has 2 aromatic rings. The summed E-state index contributed by atoms with van der Waals surface area (Å²) < 4.78 is 46.2. The number of aromatic nitrogens is 1. The van der Waals surface area contributed by atoms with Crippen molar-refractivity contribution in [3.8, 4) is 11.5 Å². The first-order chi connectivity index (χ1) is 12.8. The molecule has 0 atom stereocenters. The van der Waals surface area contributed by atoms with Crippen molar-refractivity contribution in [2.24, 2.45) is 0 Å². The van der Waals surface area contributed by atoms with Gasteiger partial charge in [-0.25, -0.2) is 4.98 Å². The molecule has 0 spiro atoms. The van der Waals surface area contributed by atoms with E-state index in [2.05, 4.69) is 9.72 Å². The average molecular weight is 383 g/mol. The highest BCUT2D eigenvalue weighted by Crippen LogP contribution is 2.26. The Bertz CT molecular complexity index is 774. The fourth-order valence-electron chi connectivity index (χ4n) is 2.80. The quantitative estimate of drug-likeness (QED) is 0.575. The predicted octanol–water partition coefficient (Wildman–Crippen LogP) is 3.94. The summed E-state index contributed by atoms with van der Waals surface area (Å²) in [6.45, 7) is 1.26. The molecule has 0 amide bonds. The van der Waals surface area contributed by atoms with Crippen LogP contribution in [0.25, 0.3) is 0 Å². The molecule has 0 aliphatic carbocycles. The van der Waals surface area contributed by atoms with Crippen molar-refractivity contribution in [3.05, 3.63) is 52.7 Å². The number of hydrogen-bond acceptors (Lipinski definition) is 6. The molecule has 1 aromatic carbocycles. The molecule has 7 nitrogen and oxygen atoms in total. The van der Waals surface area contributed by atoms with Crippen molar-refractivity contribution < 1.29 is 27.6 Å². The van der Waals surface area contributed by atoms with Crippen LogP contribution in [0.2, 0.25) is 0 Å². The number of nitro groups is 1. The van der Waals surface area contributed by atoms with Crippen LogP contribution in [0.1, 0.15) is 12.8 Å². The van der Waals surface area contributed by atoms with Crippen LogP contribution in [0.15, 0.2) is 42.6 Å². The van der Waals surface area contributed by atoms with Gasteiger partial charge in [-0.15, -0.1) is 13.2 Å². The van der Waals surface area contributed by atoms with E-state index in [1.54, 1.807) is 12.1 Å². The second-order valence-corrected chi connectivity index (χ2v) is 5.96. The van der Waals surface area contributed by atoms with Crippen molar-refractivity contribution in [3.63, 3.8) is 0 Å². The van der Waals surface area contributed by atoms with E-state index in [4.69, 9.17) is 4.74 Å². The van der Waals surface area contributed by atoms with Crippen LogP contribution in [0.5, 0.6) is 11.5 Å². The van der Waals surface area contributed by atoms with Crippen LogP contribution >= 0.6 is 0 Å². The van der Waals surface area contributed by atoms with Gasteiger partial charge in [-0.05, 0) is 24.3 Å². The number of nitrogens with zero attached hydrogens (tertiary/aromatic N) is 3. The maximum atomic E-state index is 12.2. The van der Waals surface area contributed by atoms with Gasteiger partial charge < -0.3 is 14.4 Å². The SMILES string of the molecule is O=[N+]([O-])c1ccc(OC2CCN(c3ccc(OC(F)(F)F)cn3)CC2)cc1. The van der Waals surface area contributed by atoms with Crippen molar-refractivity contribution in [1.82, 2.24) is 4.98 Å². The molecule has 1 saturated heterocycles. The molecule has 0 unspecified atom stereocenters. The highest BCUT2D eigenvalue weighted by atomic mass is 19.4. The molecule has 144 valence electrons. The van der Waals surface area contributed by atoms with Gasteiger partial charge in [0, 0.05) is 38.1 Å². The number of ether oxygens (including phenoxy) is 2. The molecule has 10 heteroatoms. The molecular formula is C17H16F3N3O4. The Hall–Kier alpha value is -3.04. The van der Waals surface area contributed by atoms with E-state index in [1.165, 1.54) is 24.3 Å². The molecule has 1 aliphatic heterocycles. The van der Waals surface area contributed by atoms with Gasteiger partial charge in [0.25, 0.3) is 5.69 Å². The van der Waals surface area contributed by atoms with E-state index in [0.29, 0.717) is 37.5 Å². The Kier molecular flexibility index (Phi) is 5.33. The molecule has 1 aliphatic rings. The second kappa shape index (κ2) is 7.68. The minimum absolute atomic E-state index is 0.00110. The van der Waals surface area contributed by atoms with Gasteiger partial charge in [0.05, 0.1) is 11.1 Å². The summed E-state index contributed by atoms with van der Waals surface area (Å²) in [6, 6.07) is 8.61. The second-order valence-electron chi connectivity index (χ2n) is 5.96. The largest absolute Gasteiger partial charge is 0.573 e. The van der Waals surface area contributed by atoms with E-state index in [1.807, 2.05) is 4.90 Å². The standard InChI is InChI=1S/C17H16F3N3O4/c18-17(19,20)27-15-5-6-16(21-11-15)22-9-7-14(8-10-22)26-13-3-1-12(2-4-13)23(24)25/h1-6,11,14H,7-10H2. The third-order valence-corrected chi connectivity index (χ3v) is 4.07. The Labute approximate surface area is 152 Å². The van der Waals surface area contributed by atoms with Crippen LogP contribution < -0.4 is 14.4 Å². The lowest BCUT2D eigenvalue weighted by molar-refractivity contribution is -0.384. The third-order valence-electron chi connectivity index (χ3n) is 4.07. The van der Waals surface area contributed by atoms with Crippen LogP contribution in [0.3, 0.4) is 0 Å². The van der Waals surface area contributed by atoms with Crippen LogP contribution in [-0.4, -0.2) is 35.5 Å². The Morgan fingerprint density at radius 2 is 1.70 bits per heavy atom. The smallest absolute Gasteiger partial charge is 0.490 e. The summed E-state index contributed by atoms with van der Waals surface area (Å²) in [5.41, 5.74) is 0.00110. The van der Waals surface area contributed by atoms with E-state index >= 15 is 0 Å². The van der Waals surface area contributed by atoms with Crippen molar-refractivity contribution in [2.45, 2.75) is 25.3 Å². The first-order valence-electron chi connectivity index (χ1n) is 8.18. The third kappa shape index (κ3) is 5.22. The first-order valence-corrected chi connectivity index (χ1v) is 8.18. The number of benzene rings is 1. The lowest BCUT2D eigenvalue weighted by Gasteiger charge is -2.33. The van der Waals surface area contributed by atoms with Gasteiger partial charge in [-0.1, -0.05) is 0 Å². The fourth-order valence-corrected chi connectivity index (χ4v) is 2.80. The summed E-state index contributed by atoms with van der Waals surface area (Å²) >= 11 is 0. The Morgan fingerprint density at radius 3 is 2.22 bits per heavy atom. The van der Waals surface area contributed by atoms with Gasteiger partial charge in [0.2, 0.25) is 0 Å². The molecule has 1 fully saturated rings. The molecule has 3 rings (SSSR count). The highest BCUT2D eigenvalue weighted by Gasteiger charge is 2.31. The monoisotopic (exact) mass is 383 g/mol. The predicted molar refractivity (Wildman–Crippen MR) is 89.9 cm³/mol. The van der Waals surface area contributed by atoms with Crippen LogP contribution in [0, 0.1) is 10.1 Å². The average Bonchev–Trinajstić information content (AvgIpc) is 2.62. The van der Waals surface area contributed by atoms with Gasteiger partial charge in [-0.3, -0.25) is 10.1 Å². The summed E-state index contributed by atoms with van der Waals surface area (Å²) in [5.74, 6) is 0.770. The molecule has 27 heavy (non-hydrogen) atoms. The lowest BCUT2D eigenvalue weighted by Crippen LogP contribution is -2.38. The van der Waals surface area contributed by atoms with Gasteiger partial charge in [0.1, 0.15) is 23.4 Å². The Balaban J connectivity index is 1.52. The van der Waals surface area contributed by atoms with E-state index in [-0.39, 0.29) is 17.5 Å². The molecule has 1 aromatic heterocycles. The van der Waals surface area contributed by atoms with Gasteiger partial charge >= 0.3 is 6.36 Å². The number of non-ortho nitro benzene ring substituents is 1. The first kappa shape index (κ1) is 18.7. The van der Waals surface area contributed by atoms with Gasteiger partial charge in [0.15, 0.2) is 0 Å². The molecule has 0 bridgehead atoms. The maximum absolute atomic E-state index is 12.2. The van der Waals surface area contributed by atoms with Crippen molar-refractivity contribution in [1.29, 1.82) is 0 Å². The molecule has 0 radical (unpaired) electrons. The normalized spacial score (nSPS) is 15.4. The molecule has 0 N–H and O–H groups in total. The Morgan fingerprint density at radius 1 is 1.07 bits per heavy atom. The summed E-state index contributed by atoms with van der Waals surface area (Å²) in [5, 5.41) is 10.7. The van der Waals surface area contributed by atoms with Crippen molar-refractivity contribution >= 4 is 11.5 Å². The number of halogens is 3. The van der Waals surface area contributed by atoms with Crippen molar-refractivity contribution in [2.75, 3.05) is 18.0 Å². The molecule has 0 saturated carbocycles. The minimum Gasteiger partial charge on any atom is -0.490 e. The maximum Gasteiger partial charge on any atom is 0.573 e. The number of piperidine rings is 1. The lowest BCUT2D eigenvalue weighted by atomic mass is 10.1. The zero-order chi connectivity index (χ0) is 19.4. The van der Waals surface area contributed by atoms with E-state index in [9.17, 15) is 23.3 Å². The highest BCUT2D eigenvalue weighted by molar-refractivity contribution is 5.41. The van der Waals surface area contributed by atoms with Crippen LogP contribution in [0.4, 0.5) is 24.7 Å².